The largest absolute Gasteiger partial charge is 0.309 e. The van der Waals surface area contributed by atoms with Crippen LogP contribution >= 0.6 is 22.7 Å². The number of rotatable bonds is 12. The van der Waals surface area contributed by atoms with Gasteiger partial charge in [0.05, 0.1) is 53.5 Å². The van der Waals surface area contributed by atoms with Gasteiger partial charge >= 0.3 is 0 Å². The van der Waals surface area contributed by atoms with Gasteiger partial charge in [-0.1, -0.05) is 322 Å². The lowest BCUT2D eigenvalue weighted by Gasteiger charge is -2.12. The Bertz CT molecular complexity index is 8710. The summed E-state index contributed by atoms with van der Waals surface area (Å²) >= 11 is 3.77. The number of fused-ring (bicyclic) bond motifs is 20. The molecule has 0 bridgehead atoms. The van der Waals surface area contributed by atoms with E-state index in [9.17, 15) is 0 Å². The lowest BCUT2D eigenvalue weighted by atomic mass is 10.0. The SMILES string of the molecule is c1ccc(-c2nc(-c3ccccc3)nc(-c3ccc(-c4ccc(-n5c6ccccc6c6cc(-n7c8ccccc8c8ccc9c%10ccccc%10sc9c87)ccc65)cc4)cc3)n2)cc1.c1ccc(-c2nc(-c3ccccc3)nc(-c3cccc(-c4cccc(-n5c6ccccc6c6cc(-n7c8ccccc8c8ccc9c%10ccccc%10sc9c87)ccc65)c4)c3)n2)cc1. The van der Waals surface area contributed by atoms with Crippen molar-refractivity contribution in [2.24, 2.45) is 0 Å². The van der Waals surface area contributed by atoms with Crippen LogP contribution in [-0.2, 0) is 0 Å². The molecular weight excluding hydrogens is 1570 g/mol. The van der Waals surface area contributed by atoms with Gasteiger partial charge in [0.25, 0.3) is 0 Å². The Morgan fingerprint density at radius 3 is 0.857 bits per heavy atom. The third-order valence-corrected chi connectivity index (χ3v) is 27.1. The molecule has 0 N–H and O–H groups in total. The maximum Gasteiger partial charge on any atom is 0.164 e. The van der Waals surface area contributed by atoms with Crippen molar-refractivity contribution < 1.29 is 0 Å². The van der Waals surface area contributed by atoms with E-state index in [0.29, 0.717) is 34.9 Å². The highest BCUT2D eigenvalue weighted by Gasteiger charge is 2.25. The number of hydrogen-bond acceptors (Lipinski definition) is 8. The Morgan fingerprint density at radius 2 is 0.429 bits per heavy atom. The average Bonchev–Trinajstić information content (AvgIpc) is 1.56. The second kappa shape index (κ2) is 29.8. The van der Waals surface area contributed by atoms with Gasteiger partial charge in [0.15, 0.2) is 34.9 Å². The molecule has 0 aliphatic heterocycles. The second-order valence-corrected chi connectivity index (χ2v) is 34.1. The van der Waals surface area contributed by atoms with Crippen molar-refractivity contribution in [3.63, 3.8) is 0 Å². The molecule has 0 unspecified atom stereocenters. The van der Waals surface area contributed by atoms with Crippen LogP contribution in [0.3, 0.4) is 0 Å². The predicted molar refractivity (Wildman–Crippen MR) is 526 cm³/mol. The van der Waals surface area contributed by atoms with Crippen molar-refractivity contribution in [2.45, 2.75) is 0 Å². The zero-order valence-electron chi connectivity index (χ0n) is 67.7. The highest BCUT2D eigenvalue weighted by atomic mass is 32.1. The Balaban J connectivity index is 0.000000137. The highest BCUT2D eigenvalue weighted by Crippen LogP contribution is 2.48. The summed E-state index contributed by atoms with van der Waals surface area (Å²) in [7, 11) is 0. The lowest BCUT2D eigenvalue weighted by Crippen LogP contribution is -2.00. The molecule has 8 heterocycles. The first-order valence-corrected chi connectivity index (χ1v) is 44.0. The van der Waals surface area contributed by atoms with Crippen LogP contribution in [-0.4, -0.2) is 48.2 Å². The van der Waals surface area contributed by atoms with Crippen LogP contribution in [0.5, 0.6) is 0 Å². The fourth-order valence-electron chi connectivity index (χ4n) is 18.9. The highest BCUT2D eigenvalue weighted by molar-refractivity contribution is 7.27. The molecule has 126 heavy (non-hydrogen) atoms. The zero-order valence-corrected chi connectivity index (χ0v) is 69.3. The van der Waals surface area contributed by atoms with E-state index < -0.39 is 0 Å². The second-order valence-electron chi connectivity index (χ2n) is 32.0. The molecule has 0 aliphatic rings. The number of para-hydroxylation sites is 4. The molecule has 0 aliphatic carbocycles. The molecule has 0 radical (unpaired) electrons. The van der Waals surface area contributed by atoms with Crippen LogP contribution in [0.4, 0.5) is 0 Å². The van der Waals surface area contributed by atoms with Gasteiger partial charge in [0, 0.05) is 130 Å². The van der Waals surface area contributed by atoms with Gasteiger partial charge in [0.2, 0.25) is 0 Å². The van der Waals surface area contributed by atoms with Gasteiger partial charge in [-0.2, -0.15) is 0 Å². The normalized spacial score (nSPS) is 11.8. The van der Waals surface area contributed by atoms with Crippen LogP contribution in [0, 0.1) is 0 Å². The van der Waals surface area contributed by atoms with Gasteiger partial charge in [-0.25, -0.2) is 29.9 Å². The predicted octanol–water partition coefficient (Wildman–Crippen LogP) is 30.2. The fourth-order valence-corrected chi connectivity index (χ4v) is 21.4. The minimum absolute atomic E-state index is 0.634. The molecule has 0 amide bonds. The Morgan fingerprint density at radius 1 is 0.151 bits per heavy atom. The Labute approximate surface area is 731 Å². The molecule has 0 saturated heterocycles. The number of benzene rings is 18. The van der Waals surface area contributed by atoms with Crippen LogP contribution in [0.1, 0.15) is 0 Å². The van der Waals surface area contributed by atoms with Crippen LogP contribution < -0.4 is 0 Å². The van der Waals surface area contributed by atoms with E-state index in [4.69, 9.17) is 29.9 Å². The topological polar surface area (TPSA) is 97.1 Å². The van der Waals surface area contributed by atoms with Crippen LogP contribution in [0.2, 0.25) is 0 Å². The van der Waals surface area contributed by atoms with Crippen molar-refractivity contribution in [1.29, 1.82) is 0 Å². The molecule has 0 spiro atoms. The number of thiophene rings is 2. The van der Waals surface area contributed by atoms with Crippen molar-refractivity contribution in [1.82, 2.24) is 48.2 Å². The first-order chi connectivity index (χ1) is 62.5. The van der Waals surface area contributed by atoms with Crippen LogP contribution in [0.15, 0.2) is 425 Å². The molecule has 8 aromatic heterocycles. The first-order valence-electron chi connectivity index (χ1n) is 42.4. The molecule has 588 valence electrons. The van der Waals surface area contributed by atoms with E-state index in [1.807, 2.05) is 144 Å². The van der Waals surface area contributed by atoms with Gasteiger partial charge in [-0.05, 0) is 125 Å². The molecule has 0 fully saturated rings. The van der Waals surface area contributed by atoms with Gasteiger partial charge in [0.1, 0.15) is 0 Å². The summed E-state index contributed by atoms with van der Waals surface area (Å²) in [5, 5.41) is 15.2. The fraction of sp³-hybridized carbons (Fsp3) is 0. The van der Waals surface area contributed by atoms with Crippen molar-refractivity contribution in [3.8, 4) is 113 Å². The molecule has 12 heteroatoms. The summed E-state index contributed by atoms with van der Waals surface area (Å²) in [5.74, 6) is 3.88. The maximum absolute atomic E-state index is 5.02. The third-order valence-electron chi connectivity index (χ3n) is 24.7. The number of nitrogens with zero attached hydrogens (tertiary/aromatic N) is 10. The van der Waals surface area contributed by atoms with E-state index >= 15 is 0 Å². The van der Waals surface area contributed by atoms with E-state index in [1.165, 1.54) is 117 Å². The van der Waals surface area contributed by atoms with Crippen molar-refractivity contribution >= 4 is 150 Å². The minimum atomic E-state index is 0.634. The molecule has 26 rings (SSSR count). The third kappa shape index (κ3) is 12.1. The van der Waals surface area contributed by atoms with E-state index in [2.05, 4.69) is 322 Å². The zero-order chi connectivity index (χ0) is 82.9. The quantitative estimate of drug-likeness (QED) is 0.121. The molecule has 10 nitrogen and oxygen atoms in total. The van der Waals surface area contributed by atoms with E-state index in [-0.39, 0.29) is 0 Å². The standard InChI is InChI=1S/2C57H35N5S/c1-3-15-36(16-4-1)55-58-56(37-17-5-2-6-18-37)60-57(59-55)40-21-13-19-38(33-40)39-20-14-22-41(34-39)61-49-26-10-8-24-44(49)48-35-42(29-32-51(48)61)62-50-27-11-7-23-43(50)46-30-31-47-45-25-9-12-28-52(45)63-54(47)53(46)62;1-3-13-38(14-4-1)55-58-56(39-15-5-2-6-16-39)60-57(59-55)40-25-23-36(24-26-40)37-27-29-41(30-28-37)61-49-20-10-8-18-44(49)48-35-42(31-34-51(48)61)62-50-21-11-7-17-43(50)46-32-33-47-45-19-9-12-22-52(45)63-54(47)53(46)62/h2*1-35H. The Kier molecular flexibility index (Phi) is 17.1. The van der Waals surface area contributed by atoms with E-state index in [1.54, 1.807) is 0 Å². The van der Waals surface area contributed by atoms with Gasteiger partial charge in [-0.15, -0.1) is 22.7 Å². The summed E-state index contributed by atoms with van der Waals surface area (Å²) in [6.45, 7) is 0. The monoisotopic (exact) mass is 1640 g/mol. The summed E-state index contributed by atoms with van der Waals surface area (Å²) in [6.07, 6.45) is 0. The smallest absolute Gasteiger partial charge is 0.164 e. The minimum Gasteiger partial charge on any atom is -0.309 e. The molecular formula is C114H70N10S2. The van der Waals surface area contributed by atoms with Crippen molar-refractivity contribution in [3.05, 3.63) is 425 Å². The number of hydrogen-bond donors (Lipinski definition) is 0. The molecule has 26 aromatic rings. The number of aromatic nitrogens is 10. The Hall–Kier alpha value is -16.4. The summed E-state index contributed by atoms with van der Waals surface area (Å²) in [5.41, 5.74) is 24.3. The lowest BCUT2D eigenvalue weighted by molar-refractivity contribution is 1.07. The summed E-state index contributed by atoms with van der Waals surface area (Å²) in [6, 6.07) is 151. The summed E-state index contributed by atoms with van der Waals surface area (Å²) in [4.78, 5) is 29.7. The first kappa shape index (κ1) is 72.4. The molecule has 0 atom stereocenters. The average molecular weight is 1640 g/mol. The van der Waals surface area contributed by atoms with Gasteiger partial charge in [-0.3, -0.25) is 0 Å². The molecule has 18 aromatic carbocycles. The van der Waals surface area contributed by atoms with Crippen molar-refractivity contribution in [2.75, 3.05) is 0 Å². The maximum atomic E-state index is 5.02. The van der Waals surface area contributed by atoms with E-state index in [0.717, 1.165) is 89.4 Å². The summed E-state index contributed by atoms with van der Waals surface area (Å²) < 4.78 is 15.0. The van der Waals surface area contributed by atoms with Gasteiger partial charge < -0.3 is 18.3 Å². The molecule has 0 saturated carbocycles. The van der Waals surface area contributed by atoms with Crippen LogP contribution in [0.25, 0.3) is 241 Å².